The molecule has 6 nitrogen and oxygen atoms in total. The number of nitrogens with zero attached hydrogens (tertiary/aromatic N) is 1. The van der Waals surface area contributed by atoms with Crippen LogP contribution >= 0.6 is 0 Å². The molecule has 2 rings (SSSR count). The first-order valence-corrected chi connectivity index (χ1v) is 6.60. The Bertz CT molecular complexity index is 657. The molecule has 0 heterocycles. The molecule has 114 valence electrons. The van der Waals surface area contributed by atoms with Gasteiger partial charge in [-0.3, -0.25) is 0 Å². The molecule has 2 amide bonds. The average molecular weight is 299 g/mol. The standard InChI is InChI=1S/C16H17N3O3/c1-21-14-10-6-7-12(15(14)22-2)11-17-19-16(20)18-13-8-4-3-5-9-13/h3-11H,1-2H3,(H2,18,19,20)/b17-11+. The highest BCUT2D eigenvalue weighted by molar-refractivity contribution is 5.91. The van der Waals surface area contributed by atoms with Crippen LogP contribution in [0.1, 0.15) is 5.56 Å². The summed E-state index contributed by atoms with van der Waals surface area (Å²) in [5, 5.41) is 6.56. The van der Waals surface area contributed by atoms with Crippen molar-refractivity contribution in [3.05, 3.63) is 54.1 Å². The predicted octanol–water partition coefficient (Wildman–Crippen LogP) is 2.86. The summed E-state index contributed by atoms with van der Waals surface area (Å²) < 4.78 is 10.5. The Kier molecular flexibility index (Phi) is 5.37. The lowest BCUT2D eigenvalue weighted by atomic mass is 10.2. The summed E-state index contributed by atoms with van der Waals surface area (Å²) in [5.74, 6) is 1.15. The van der Waals surface area contributed by atoms with Gasteiger partial charge in [-0.1, -0.05) is 24.3 Å². The van der Waals surface area contributed by atoms with E-state index in [2.05, 4.69) is 15.8 Å². The quantitative estimate of drug-likeness (QED) is 0.658. The number of para-hydroxylation sites is 2. The van der Waals surface area contributed by atoms with E-state index in [-0.39, 0.29) is 0 Å². The third kappa shape index (κ3) is 3.99. The number of carbonyl (C=O) groups is 1. The second-order valence-corrected chi connectivity index (χ2v) is 4.27. The highest BCUT2D eigenvalue weighted by Gasteiger charge is 2.07. The topological polar surface area (TPSA) is 72.0 Å². The van der Waals surface area contributed by atoms with Gasteiger partial charge in [0.2, 0.25) is 0 Å². The predicted molar refractivity (Wildman–Crippen MR) is 85.7 cm³/mol. The lowest BCUT2D eigenvalue weighted by molar-refractivity contribution is 0.252. The second kappa shape index (κ2) is 7.68. The van der Waals surface area contributed by atoms with Crippen molar-refractivity contribution in [1.29, 1.82) is 0 Å². The molecule has 0 aliphatic heterocycles. The van der Waals surface area contributed by atoms with Gasteiger partial charge in [0.1, 0.15) is 0 Å². The van der Waals surface area contributed by atoms with Crippen LogP contribution < -0.4 is 20.2 Å². The molecule has 0 aromatic heterocycles. The van der Waals surface area contributed by atoms with Gasteiger partial charge in [0, 0.05) is 11.3 Å². The number of ether oxygens (including phenoxy) is 2. The van der Waals surface area contributed by atoms with Crippen LogP contribution in [0.4, 0.5) is 10.5 Å². The second-order valence-electron chi connectivity index (χ2n) is 4.27. The number of hydrazone groups is 1. The molecule has 0 aliphatic carbocycles. The fraction of sp³-hybridized carbons (Fsp3) is 0.125. The van der Waals surface area contributed by atoms with Gasteiger partial charge in [-0.05, 0) is 24.3 Å². The summed E-state index contributed by atoms with van der Waals surface area (Å²) in [7, 11) is 3.11. The van der Waals surface area contributed by atoms with E-state index >= 15 is 0 Å². The number of amides is 2. The third-order valence-corrected chi connectivity index (χ3v) is 2.83. The largest absolute Gasteiger partial charge is 0.493 e. The van der Waals surface area contributed by atoms with Crippen LogP contribution in [-0.4, -0.2) is 26.5 Å². The van der Waals surface area contributed by atoms with Gasteiger partial charge >= 0.3 is 6.03 Å². The average Bonchev–Trinajstić information content (AvgIpc) is 2.55. The zero-order chi connectivity index (χ0) is 15.8. The third-order valence-electron chi connectivity index (χ3n) is 2.83. The maximum atomic E-state index is 11.7. The molecule has 22 heavy (non-hydrogen) atoms. The number of methoxy groups -OCH3 is 2. The van der Waals surface area contributed by atoms with E-state index in [0.717, 1.165) is 0 Å². The minimum absolute atomic E-state index is 0.427. The minimum atomic E-state index is -0.427. The fourth-order valence-corrected chi connectivity index (χ4v) is 1.85. The molecule has 0 saturated heterocycles. The van der Waals surface area contributed by atoms with E-state index in [0.29, 0.717) is 22.7 Å². The number of rotatable bonds is 5. The van der Waals surface area contributed by atoms with Crippen LogP contribution in [0.2, 0.25) is 0 Å². The van der Waals surface area contributed by atoms with Crippen LogP contribution in [-0.2, 0) is 0 Å². The van der Waals surface area contributed by atoms with E-state index in [9.17, 15) is 4.79 Å². The van der Waals surface area contributed by atoms with E-state index in [1.807, 2.05) is 30.3 Å². The Hall–Kier alpha value is -3.02. The molecule has 0 radical (unpaired) electrons. The Labute approximate surface area is 128 Å². The number of nitrogens with one attached hydrogen (secondary N) is 2. The summed E-state index contributed by atoms with van der Waals surface area (Å²) in [4.78, 5) is 11.7. The van der Waals surface area contributed by atoms with Crippen molar-refractivity contribution < 1.29 is 14.3 Å². The first-order chi connectivity index (χ1) is 10.7. The number of anilines is 1. The first kappa shape index (κ1) is 15.4. The van der Waals surface area contributed by atoms with E-state index < -0.39 is 6.03 Å². The van der Waals surface area contributed by atoms with Gasteiger partial charge in [0.25, 0.3) is 0 Å². The minimum Gasteiger partial charge on any atom is -0.493 e. The van der Waals surface area contributed by atoms with Crippen molar-refractivity contribution in [2.45, 2.75) is 0 Å². The van der Waals surface area contributed by atoms with Crippen molar-refractivity contribution >= 4 is 17.9 Å². The molecule has 6 heteroatoms. The summed E-state index contributed by atoms with van der Waals surface area (Å²) in [6, 6.07) is 14.1. The number of urea groups is 1. The number of hydrogen-bond acceptors (Lipinski definition) is 4. The Morgan fingerprint density at radius 2 is 1.82 bits per heavy atom. The number of carbonyl (C=O) groups excluding carboxylic acids is 1. The van der Waals surface area contributed by atoms with Crippen molar-refractivity contribution in [1.82, 2.24) is 5.43 Å². The smallest absolute Gasteiger partial charge is 0.339 e. The molecule has 2 aromatic rings. The lowest BCUT2D eigenvalue weighted by Gasteiger charge is -2.09. The highest BCUT2D eigenvalue weighted by Crippen LogP contribution is 2.29. The monoisotopic (exact) mass is 299 g/mol. The van der Waals surface area contributed by atoms with Crippen molar-refractivity contribution in [3.63, 3.8) is 0 Å². The first-order valence-electron chi connectivity index (χ1n) is 6.60. The summed E-state index contributed by atoms with van der Waals surface area (Å²) in [6.07, 6.45) is 1.49. The Morgan fingerprint density at radius 3 is 2.50 bits per heavy atom. The summed E-state index contributed by atoms with van der Waals surface area (Å²) >= 11 is 0. The maximum absolute atomic E-state index is 11.7. The van der Waals surface area contributed by atoms with Crippen LogP contribution in [0.3, 0.4) is 0 Å². The van der Waals surface area contributed by atoms with Gasteiger partial charge in [0.05, 0.1) is 20.4 Å². The molecule has 0 saturated carbocycles. The molecule has 2 aromatic carbocycles. The van der Waals surface area contributed by atoms with Gasteiger partial charge in [0.15, 0.2) is 11.5 Å². The van der Waals surface area contributed by atoms with E-state index in [1.165, 1.54) is 6.21 Å². The van der Waals surface area contributed by atoms with Gasteiger partial charge in [-0.25, -0.2) is 10.2 Å². The van der Waals surface area contributed by atoms with Crippen LogP contribution in [0.5, 0.6) is 11.5 Å². The Morgan fingerprint density at radius 1 is 1.05 bits per heavy atom. The van der Waals surface area contributed by atoms with Gasteiger partial charge in [-0.2, -0.15) is 5.10 Å². The maximum Gasteiger partial charge on any atom is 0.339 e. The van der Waals surface area contributed by atoms with Crippen LogP contribution in [0, 0.1) is 0 Å². The molecule has 0 spiro atoms. The van der Waals surface area contributed by atoms with Crippen molar-refractivity contribution in [2.24, 2.45) is 5.10 Å². The highest BCUT2D eigenvalue weighted by atomic mass is 16.5. The van der Waals surface area contributed by atoms with Crippen molar-refractivity contribution in [3.8, 4) is 11.5 Å². The molecule has 0 atom stereocenters. The van der Waals surface area contributed by atoms with Crippen molar-refractivity contribution in [2.75, 3.05) is 19.5 Å². The normalized spacial score (nSPS) is 10.3. The molecule has 0 unspecified atom stereocenters. The molecular formula is C16H17N3O3. The van der Waals surface area contributed by atoms with Crippen LogP contribution in [0.15, 0.2) is 53.6 Å². The Balaban J connectivity index is 1.99. The molecule has 2 N–H and O–H groups in total. The summed E-state index contributed by atoms with van der Waals surface area (Å²) in [6.45, 7) is 0. The lowest BCUT2D eigenvalue weighted by Crippen LogP contribution is -2.24. The van der Waals surface area contributed by atoms with Crippen LogP contribution in [0.25, 0.3) is 0 Å². The molecule has 0 fully saturated rings. The van der Waals surface area contributed by atoms with E-state index in [4.69, 9.17) is 9.47 Å². The zero-order valence-electron chi connectivity index (χ0n) is 12.4. The molecular weight excluding hydrogens is 282 g/mol. The molecule has 0 aliphatic rings. The van der Waals surface area contributed by atoms with Gasteiger partial charge in [-0.15, -0.1) is 0 Å². The number of benzene rings is 2. The van der Waals surface area contributed by atoms with Gasteiger partial charge < -0.3 is 14.8 Å². The SMILES string of the molecule is COc1cccc(/C=N/NC(=O)Nc2ccccc2)c1OC. The number of hydrogen-bond donors (Lipinski definition) is 2. The zero-order valence-corrected chi connectivity index (χ0v) is 12.4. The van der Waals surface area contributed by atoms with E-state index in [1.54, 1.807) is 32.4 Å². The molecule has 0 bridgehead atoms. The summed E-state index contributed by atoms with van der Waals surface area (Å²) in [5.41, 5.74) is 3.78. The fourth-order valence-electron chi connectivity index (χ4n) is 1.85.